The van der Waals surface area contributed by atoms with Crippen molar-refractivity contribution in [1.29, 1.82) is 0 Å². The summed E-state index contributed by atoms with van der Waals surface area (Å²) >= 11 is 0. The lowest BCUT2D eigenvalue weighted by Crippen LogP contribution is -2.24. The normalized spacial score (nSPS) is 17.1. The Bertz CT molecular complexity index is 895. The van der Waals surface area contributed by atoms with Crippen LogP contribution in [-0.4, -0.2) is 48.2 Å². The molecule has 1 aliphatic heterocycles. The minimum absolute atomic E-state index is 0.0206. The number of carbonyl (C=O) groups is 1. The zero-order valence-electron chi connectivity index (χ0n) is 16.1. The number of rotatable bonds is 5. The summed E-state index contributed by atoms with van der Waals surface area (Å²) in [5.41, 5.74) is 3.44. The summed E-state index contributed by atoms with van der Waals surface area (Å²) in [6, 6.07) is 6.23. The highest BCUT2D eigenvalue weighted by atomic mass is 19.1. The van der Waals surface area contributed by atoms with Gasteiger partial charge in [0.2, 0.25) is 5.91 Å². The van der Waals surface area contributed by atoms with Gasteiger partial charge in [-0.05, 0) is 62.6 Å². The molecule has 0 bridgehead atoms. The number of aliphatic imine (C=N–C) groups is 1. The minimum atomic E-state index is -0.363. The Hall–Kier alpha value is -2.76. The predicted molar refractivity (Wildman–Crippen MR) is 104 cm³/mol. The molecule has 1 amide bonds. The molecule has 0 saturated carbocycles. The predicted octanol–water partition coefficient (Wildman–Crippen LogP) is 3.55. The average Bonchev–Trinajstić information content (AvgIpc) is 2.96. The summed E-state index contributed by atoms with van der Waals surface area (Å²) in [6.45, 7) is 6.86. The van der Waals surface area contributed by atoms with Crippen molar-refractivity contribution < 1.29 is 13.9 Å². The number of hydrogen-bond donors (Lipinski definition) is 0. The van der Waals surface area contributed by atoms with Gasteiger partial charge in [-0.3, -0.25) is 14.8 Å². The smallest absolute Gasteiger partial charge is 0.247 e. The lowest BCUT2D eigenvalue weighted by molar-refractivity contribution is -0.127. The maximum atomic E-state index is 14.5. The van der Waals surface area contributed by atoms with Crippen LogP contribution >= 0.6 is 0 Å². The van der Waals surface area contributed by atoms with Crippen LogP contribution in [0.2, 0.25) is 0 Å². The van der Waals surface area contributed by atoms with E-state index in [1.165, 1.54) is 6.07 Å². The van der Waals surface area contributed by atoms with E-state index in [0.717, 1.165) is 16.8 Å². The molecule has 2 heterocycles. The molecule has 1 atom stereocenters. The summed E-state index contributed by atoms with van der Waals surface area (Å²) in [4.78, 5) is 22.7. The largest absolute Gasteiger partial charge is 0.494 e. The van der Waals surface area contributed by atoms with Crippen LogP contribution in [0.3, 0.4) is 0 Å². The van der Waals surface area contributed by atoms with Gasteiger partial charge in [0.05, 0.1) is 12.3 Å². The van der Waals surface area contributed by atoms with Crippen LogP contribution in [0.25, 0.3) is 11.1 Å². The second-order valence-electron chi connectivity index (χ2n) is 6.74. The SMILES string of the molecule is CCOc1ccc(F)c(-c2cc(C)nc(/C=N/C3CCN(C)C3=O)c2C)c1. The van der Waals surface area contributed by atoms with Gasteiger partial charge in [-0.25, -0.2) is 4.39 Å². The Labute approximate surface area is 158 Å². The van der Waals surface area contributed by atoms with Crippen molar-refractivity contribution in [3.05, 3.63) is 47.0 Å². The van der Waals surface area contributed by atoms with E-state index in [9.17, 15) is 9.18 Å². The van der Waals surface area contributed by atoms with Gasteiger partial charge in [0.1, 0.15) is 17.6 Å². The number of nitrogens with zero attached hydrogens (tertiary/aromatic N) is 3. The fraction of sp³-hybridized carbons (Fsp3) is 0.381. The lowest BCUT2D eigenvalue weighted by Gasteiger charge is -2.13. The van der Waals surface area contributed by atoms with Crippen LogP contribution in [0.5, 0.6) is 5.75 Å². The highest BCUT2D eigenvalue weighted by Gasteiger charge is 2.28. The molecule has 1 fully saturated rings. The number of aryl methyl sites for hydroxylation is 1. The Morgan fingerprint density at radius 3 is 2.78 bits per heavy atom. The number of likely N-dealkylation sites (N-methyl/N-ethyl adjacent to an activating group) is 1. The van der Waals surface area contributed by atoms with E-state index in [1.54, 1.807) is 30.3 Å². The van der Waals surface area contributed by atoms with Crippen molar-refractivity contribution in [2.75, 3.05) is 20.2 Å². The molecule has 6 heteroatoms. The second-order valence-corrected chi connectivity index (χ2v) is 6.74. The molecule has 1 aromatic heterocycles. The first-order chi connectivity index (χ1) is 12.9. The van der Waals surface area contributed by atoms with E-state index in [2.05, 4.69) is 9.98 Å². The maximum absolute atomic E-state index is 14.5. The van der Waals surface area contributed by atoms with Gasteiger partial charge < -0.3 is 9.64 Å². The van der Waals surface area contributed by atoms with Crippen LogP contribution in [0.15, 0.2) is 29.3 Å². The topological polar surface area (TPSA) is 54.8 Å². The number of amides is 1. The first-order valence-corrected chi connectivity index (χ1v) is 9.09. The number of carbonyl (C=O) groups excluding carboxylic acids is 1. The van der Waals surface area contributed by atoms with Crippen molar-refractivity contribution in [2.24, 2.45) is 4.99 Å². The molecule has 0 aliphatic carbocycles. The maximum Gasteiger partial charge on any atom is 0.247 e. The molecule has 1 aliphatic rings. The summed E-state index contributed by atoms with van der Waals surface area (Å²) in [6.07, 6.45) is 2.34. The number of benzene rings is 1. The Morgan fingerprint density at radius 1 is 1.33 bits per heavy atom. The molecule has 3 rings (SSSR count). The molecule has 0 spiro atoms. The van der Waals surface area contributed by atoms with Crippen molar-refractivity contribution in [2.45, 2.75) is 33.2 Å². The van der Waals surface area contributed by atoms with E-state index in [0.29, 0.717) is 36.6 Å². The number of aromatic nitrogens is 1. The van der Waals surface area contributed by atoms with Gasteiger partial charge >= 0.3 is 0 Å². The molecule has 1 aromatic carbocycles. The van der Waals surface area contributed by atoms with E-state index in [-0.39, 0.29) is 17.8 Å². The van der Waals surface area contributed by atoms with Crippen LogP contribution in [0.4, 0.5) is 4.39 Å². The van der Waals surface area contributed by atoms with E-state index in [4.69, 9.17) is 4.74 Å². The van der Waals surface area contributed by atoms with Crippen LogP contribution in [-0.2, 0) is 4.79 Å². The van der Waals surface area contributed by atoms with E-state index >= 15 is 0 Å². The van der Waals surface area contributed by atoms with E-state index in [1.807, 2.05) is 26.8 Å². The zero-order valence-corrected chi connectivity index (χ0v) is 16.1. The zero-order chi connectivity index (χ0) is 19.6. The summed E-state index contributed by atoms with van der Waals surface area (Å²) < 4.78 is 20.0. The molecule has 27 heavy (non-hydrogen) atoms. The second kappa shape index (κ2) is 7.86. The van der Waals surface area contributed by atoms with Crippen molar-refractivity contribution in [3.63, 3.8) is 0 Å². The molecule has 0 radical (unpaired) electrons. The molecule has 1 unspecified atom stereocenters. The molecule has 1 saturated heterocycles. The molecule has 142 valence electrons. The molecular weight excluding hydrogens is 345 g/mol. The molecule has 5 nitrogen and oxygen atoms in total. The van der Waals surface area contributed by atoms with E-state index < -0.39 is 0 Å². The summed E-state index contributed by atoms with van der Waals surface area (Å²) in [5.74, 6) is 0.326. The minimum Gasteiger partial charge on any atom is -0.494 e. The Balaban J connectivity index is 1.99. The first kappa shape index (κ1) is 19.0. The van der Waals surface area contributed by atoms with Crippen LogP contribution < -0.4 is 4.74 Å². The van der Waals surface area contributed by atoms with Crippen LogP contribution in [0.1, 0.15) is 30.3 Å². The number of ether oxygens (including phenoxy) is 1. The van der Waals surface area contributed by atoms with Crippen molar-refractivity contribution in [3.8, 4) is 16.9 Å². The Kier molecular flexibility index (Phi) is 5.54. The van der Waals surface area contributed by atoms with Gasteiger partial charge in [-0.2, -0.15) is 0 Å². The number of hydrogen-bond acceptors (Lipinski definition) is 4. The van der Waals surface area contributed by atoms with Gasteiger partial charge in [0, 0.05) is 31.1 Å². The highest BCUT2D eigenvalue weighted by molar-refractivity contribution is 5.89. The fourth-order valence-electron chi connectivity index (χ4n) is 3.24. The monoisotopic (exact) mass is 369 g/mol. The number of pyridine rings is 1. The number of halogens is 1. The van der Waals surface area contributed by atoms with Gasteiger partial charge in [0.15, 0.2) is 0 Å². The fourth-order valence-corrected chi connectivity index (χ4v) is 3.24. The van der Waals surface area contributed by atoms with Crippen LogP contribution in [0, 0.1) is 19.7 Å². The molecule has 2 aromatic rings. The summed E-state index contributed by atoms with van der Waals surface area (Å²) in [7, 11) is 1.78. The first-order valence-electron chi connectivity index (χ1n) is 9.09. The summed E-state index contributed by atoms with van der Waals surface area (Å²) in [5, 5.41) is 0. The lowest BCUT2D eigenvalue weighted by atomic mass is 9.98. The standard InChI is InChI=1S/C21H24FN3O2/c1-5-27-15-6-7-18(22)17(11-15)16-10-13(2)24-20(14(16)3)12-23-19-8-9-25(4)21(19)26/h6-7,10-12,19H,5,8-9H2,1-4H3/b23-12+. The third-order valence-corrected chi connectivity index (χ3v) is 4.75. The number of likely N-dealkylation sites (tertiary alicyclic amines) is 1. The third-order valence-electron chi connectivity index (χ3n) is 4.75. The average molecular weight is 369 g/mol. The Morgan fingerprint density at radius 2 is 2.11 bits per heavy atom. The highest BCUT2D eigenvalue weighted by Crippen LogP contribution is 2.31. The van der Waals surface area contributed by atoms with Gasteiger partial charge in [0.25, 0.3) is 0 Å². The van der Waals surface area contributed by atoms with Gasteiger partial charge in [-0.15, -0.1) is 0 Å². The quantitative estimate of drug-likeness (QED) is 0.758. The van der Waals surface area contributed by atoms with Gasteiger partial charge in [-0.1, -0.05) is 0 Å². The third kappa shape index (κ3) is 3.99. The molecular formula is C21H24FN3O2. The van der Waals surface area contributed by atoms with Crippen molar-refractivity contribution >= 4 is 12.1 Å². The van der Waals surface area contributed by atoms with Crippen molar-refractivity contribution in [1.82, 2.24) is 9.88 Å². The molecule has 0 N–H and O–H groups in total.